The Morgan fingerprint density at radius 2 is 2.07 bits per heavy atom. The zero-order valence-corrected chi connectivity index (χ0v) is 8.84. The Labute approximate surface area is 86.9 Å². The molecule has 1 amide bonds. The Bertz CT molecular complexity index is 194. The van der Waals surface area contributed by atoms with E-state index in [9.17, 15) is 9.59 Å². The van der Waals surface area contributed by atoms with Crippen molar-refractivity contribution in [1.82, 2.24) is 5.32 Å². The van der Waals surface area contributed by atoms with Crippen LogP contribution in [0.5, 0.6) is 0 Å². The molecule has 0 unspecified atom stereocenters. The van der Waals surface area contributed by atoms with Gasteiger partial charge < -0.3 is 15.5 Å². The second-order valence-corrected chi connectivity index (χ2v) is 3.73. The van der Waals surface area contributed by atoms with Gasteiger partial charge in [-0.2, -0.15) is 0 Å². The molecule has 0 fully saturated rings. The van der Waals surface area contributed by atoms with Crippen molar-refractivity contribution >= 4 is 23.6 Å². The average Bonchev–Trinajstić information content (AvgIpc) is 2.13. The van der Waals surface area contributed by atoms with Gasteiger partial charge in [0.1, 0.15) is 0 Å². The molecule has 82 valence electrons. The maximum absolute atomic E-state index is 11.1. The average molecular weight is 221 g/mol. The van der Waals surface area contributed by atoms with Crippen LogP contribution in [-0.2, 0) is 9.59 Å². The topological polar surface area (TPSA) is 86.6 Å². The molecule has 5 nitrogen and oxygen atoms in total. The molecule has 0 saturated heterocycles. The van der Waals surface area contributed by atoms with Gasteiger partial charge in [0.05, 0.1) is 24.2 Å². The predicted molar refractivity (Wildman–Crippen MR) is 54.3 cm³/mol. The van der Waals surface area contributed by atoms with Crippen molar-refractivity contribution in [2.24, 2.45) is 0 Å². The maximum Gasteiger partial charge on any atom is 0.313 e. The molecular formula is C8H15NO4S. The Morgan fingerprint density at radius 1 is 1.43 bits per heavy atom. The third-order valence-corrected chi connectivity index (χ3v) is 2.45. The van der Waals surface area contributed by atoms with Crippen molar-refractivity contribution in [1.29, 1.82) is 0 Å². The first-order valence-electron chi connectivity index (χ1n) is 4.29. The lowest BCUT2D eigenvalue weighted by Gasteiger charge is -2.13. The Kier molecular flexibility index (Phi) is 7.23. The van der Waals surface area contributed by atoms with Crippen molar-refractivity contribution in [3.05, 3.63) is 0 Å². The highest BCUT2D eigenvalue weighted by molar-refractivity contribution is 8.00. The number of hydrogen-bond acceptors (Lipinski definition) is 4. The van der Waals surface area contributed by atoms with Crippen LogP contribution in [0.15, 0.2) is 0 Å². The van der Waals surface area contributed by atoms with Gasteiger partial charge in [0.2, 0.25) is 5.91 Å². The van der Waals surface area contributed by atoms with Gasteiger partial charge in [0.15, 0.2) is 0 Å². The van der Waals surface area contributed by atoms with Gasteiger partial charge in [-0.25, -0.2) is 0 Å². The smallest absolute Gasteiger partial charge is 0.313 e. The summed E-state index contributed by atoms with van der Waals surface area (Å²) in [6.07, 6.45) is 0.659. The molecule has 0 bridgehead atoms. The van der Waals surface area contributed by atoms with Gasteiger partial charge in [-0.3, -0.25) is 9.59 Å². The Morgan fingerprint density at radius 3 is 2.50 bits per heavy atom. The standard InChI is InChI=1S/C8H15NO4S/c1-2-6(3-10)9-7(11)4-14-5-8(12)13/h6,10H,2-5H2,1H3,(H,9,11)(H,12,13)/t6-/m0/s1. The molecule has 0 aliphatic rings. The summed E-state index contributed by atoms with van der Waals surface area (Å²) in [7, 11) is 0. The highest BCUT2D eigenvalue weighted by Crippen LogP contribution is 1.99. The molecule has 6 heteroatoms. The normalized spacial score (nSPS) is 12.1. The van der Waals surface area contributed by atoms with Crippen LogP contribution in [0.4, 0.5) is 0 Å². The summed E-state index contributed by atoms with van der Waals surface area (Å²) in [4.78, 5) is 21.2. The molecule has 0 radical (unpaired) electrons. The van der Waals surface area contributed by atoms with Crippen LogP contribution < -0.4 is 5.32 Å². The van der Waals surface area contributed by atoms with Crippen LogP contribution >= 0.6 is 11.8 Å². The fraction of sp³-hybridized carbons (Fsp3) is 0.750. The van der Waals surface area contributed by atoms with Gasteiger partial charge >= 0.3 is 5.97 Å². The van der Waals surface area contributed by atoms with Crippen LogP contribution in [0.2, 0.25) is 0 Å². The minimum Gasteiger partial charge on any atom is -0.481 e. The minimum absolute atomic E-state index is 0.0800. The number of carbonyl (C=O) groups excluding carboxylic acids is 1. The molecule has 1 atom stereocenters. The quantitative estimate of drug-likeness (QED) is 0.549. The number of amides is 1. The largest absolute Gasteiger partial charge is 0.481 e. The molecule has 0 heterocycles. The number of nitrogens with one attached hydrogen (secondary N) is 1. The highest BCUT2D eigenvalue weighted by Gasteiger charge is 2.09. The fourth-order valence-electron chi connectivity index (χ4n) is 0.777. The molecular weight excluding hydrogens is 206 g/mol. The van der Waals surface area contributed by atoms with E-state index in [2.05, 4.69) is 5.32 Å². The van der Waals surface area contributed by atoms with E-state index < -0.39 is 5.97 Å². The van der Waals surface area contributed by atoms with E-state index in [4.69, 9.17) is 10.2 Å². The van der Waals surface area contributed by atoms with Crippen molar-refractivity contribution in [3.63, 3.8) is 0 Å². The van der Waals surface area contributed by atoms with Gasteiger partial charge in [0, 0.05) is 0 Å². The molecule has 0 aliphatic heterocycles. The number of carbonyl (C=O) groups is 2. The van der Waals surface area contributed by atoms with Crippen LogP contribution in [0.25, 0.3) is 0 Å². The number of rotatable bonds is 7. The molecule has 0 aliphatic carbocycles. The summed E-state index contributed by atoms with van der Waals surface area (Å²) < 4.78 is 0. The van der Waals surface area contributed by atoms with Gasteiger partial charge in [-0.05, 0) is 6.42 Å². The lowest BCUT2D eigenvalue weighted by Crippen LogP contribution is -2.38. The zero-order chi connectivity index (χ0) is 11.0. The number of thioether (sulfide) groups is 1. The second-order valence-electron chi connectivity index (χ2n) is 2.74. The summed E-state index contributed by atoms with van der Waals surface area (Å²) in [5.41, 5.74) is 0. The van der Waals surface area contributed by atoms with Gasteiger partial charge in [-0.1, -0.05) is 6.92 Å². The molecule has 0 rings (SSSR count). The molecule has 0 aromatic carbocycles. The van der Waals surface area contributed by atoms with E-state index in [1.807, 2.05) is 6.92 Å². The number of aliphatic hydroxyl groups excluding tert-OH is 1. The molecule has 0 aromatic rings. The van der Waals surface area contributed by atoms with Crippen LogP contribution in [0.3, 0.4) is 0 Å². The molecule has 0 aromatic heterocycles. The Balaban J connectivity index is 3.59. The number of aliphatic carboxylic acids is 1. The van der Waals surface area contributed by atoms with Crippen molar-refractivity contribution in [2.45, 2.75) is 19.4 Å². The maximum atomic E-state index is 11.1. The molecule has 3 N–H and O–H groups in total. The fourth-order valence-corrected chi connectivity index (χ4v) is 1.32. The summed E-state index contributed by atoms with van der Waals surface area (Å²) in [6, 6.07) is -0.229. The van der Waals surface area contributed by atoms with E-state index in [1.54, 1.807) is 0 Å². The summed E-state index contributed by atoms with van der Waals surface area (Å²) in [6.45, 7) is 1.76. The zero-order valence-electron chi connectivity index (χ0n) is 8.02. The van der Waals surface area contributed by atoms with E-state index in [0.717, 1.165) is 11.8 Å². The lowest BCUT2D eigenvalue weighted by molar-refractivity contribution is -0.133. The third-order valence-electron chi connectivity index (χ3n) is 1.54. The van der Waals surface area contributed by atoms with Gasteiger partial charge in [-0.15, -0.1) is 11.8 Å². The van der Waals surface area contributed by atoms with Gasteiger partial charge in [0.25, 0.3) is 0 Å². The monoisotopic (exact) mass is 221 g/mol. The summed E-state index contributed by atoms with van der Waals surface area (Å²) in [5, 5.41) is 19.7. The minimum atomic E-state index is -0.933. The number of carboxylic acid groups (broad SMARTS) is 1. The second kappa shape index (κ2) is 7.64. The predicted octanol–water partition coefficient (Wildman–Crippen LogP) is -0.309. The summed E-state index contributed by atoms with van der Waals surface area (Å²) in [5.74, 6) is -1.14. The van der Waals surface area contributed by atoms with Crippen LogP contribution in [0.1, 0.15) is 13.3 Å². The lowest BCUT2D eigenvalue weighted by atomic mass is 10.2. The van der Waals surface area contributed by atoms with E-state index >= 15 is 0 Å². The first-order valence-corrected chi connectivity index (χ1v) is 5.45. The molecule has 0 spiro atoms. The van der Waals surface area contributed by atoms with E-state index in [0.29, 0.717) is 6.42 Å². The number of hydrogen-bond donors (Lipinski definition) is 3. The van der Waals surface area contributed by atoms with Crippen LogP contribution in [-0.4, -0.2) is 46.2 Å². The van der Waals surface area contributed by atoms with Crippen molar-refractivity contribution < 1.29 is 19.8 Å². The van der Waals surface area contributed by atoms with E-state index in [-0.39, 0.29) is 30.1 Å². The van der Waals surface area contributed by atoms with Crippen LogP contribution in [0, 0.1) is 0 Å². The first-order chi connectivity index (χ1) is 6.60. The number of carboxylic acids is 1. The first kappa shape index (κ1) is 13.2. The third kappa shape index (κ3) is 6.73. The number of aliphatic hydroxyl groups is 1. The Hall–Kier alpha value is -0.750. The highest BCUT2D eigenvalue weighted by atomic mass is 32.2. The molecule has 0 saturated carbocycles. The summed E-state index contributed by atoms with van der Waals surface area (Å²) >= 11 is 1.04. The van der Waals surface area contributed by atoms with Crippen molar-refractivity contribution in [2.75, 3.05) is 18.1 Å². The SMILES string of the molecule is CC[C@@H](CO)NC(=O)CSCC(=O)O. The molecule has 14 heavy (non-hydrogen) atoms. The van der Waals surface area contributed by atoms with E-state index in [1.165, 1.54) is 0 Å². The van der Waals surface area contributed by atoms with Crippen molar-refractivity contribution in [3.8, 4) is 0 Å².